The van der Waals surface area contributed by atoms with Gasteiger partial charge in [0.25, 0.3) is 0 Å². The van der Waals surface area contributed by atoms with Crippen LogP contribution in [0.15, 0.2) is 84.5 Å². The van der Waals surface area contributed by atoms with Gasteiger partial charge in [0.05, 0.1) is 6.21 Å². The van der Waals surface area contributed by atoms with Crippen LogP contribution in [0, 0.1) is 0 Å². The molecule has 1 heterocycles. The summed E-state index contributed by atoms with van der Waals surface area (Å²) in [6.07, 6.45) is 4.05. The number of para-hydroxylation sites is 3. The first-order valence-corrected chi connectivity index (χ1v) is 9.88. The fraction of sp³-hybridized carbons (Fsp3) is 0.120. The van der Waals surface area contributed by atoms with Crippen LogP contribution < -0.4 is 5.43 Å². The number of nitrogens with one attached hydrogen (secondary N) is 1. The number of aromatic nitrogens is 1. The van der Waals surface area contributed by atoms with Crippen molar-refractivity contribution in [3.05, 3.63) is 90.5 Å². The number of carbonyl (C=O) groups excluding carboxylic acids is 1. The highest BCUT2D eigenvalue weighted by Crippen LogP contribution is 2.28. The van der Waals surface area contributed by atoms with E-state index in [9.17, 15) is 9.90 Å². The number of aromatic hydroxyl groups is 1. The van der Waals surface area contributed by atoms with Gasteiger partial charge in [0, 0.05) is 40.3 Å². The molecule has 30 heavy (non-hydrogen) atoms. The summed E-state index contributed by atoms with van der Waals surface area (Å²) < 4.78 is 2.17. The Hall–Kier alpha value is -3.86. The van der Waals surface area contributed by atoms with Crippen molar-refractivity contribution < 1.29 is 9.90 Å². The number of hydrogen-bond donors (Lipinski definition) is 2. The fourth-order valence-corrected chi connectivity index (χ4v) is 3.72. The number of hydrogen-bond acceptors (Lipinski definition) is 3. The van der Waals surface area contributed by atoms with Crippen LogP contribution in [0.5, 0.6) is 5.75 Å². The molecule has 0 aliphatic heterocycles. The first-order chi connectivity index (χ1) is 14.7. The van der Waals surface area contributed by atoms with E-state index in [-0.39, 0.29) is 11.7 Å². The summed E-state index contributed by atoms with van der Waals surface area (Å²) >= 11 is 0. The number of rotatable bonds is 7. The zero-order valence-corrected chi connectivity index (χ0v) is 16.6. The predicted molar refractivity (Wildman–Crippen MR) is 122 cm³/mol. The predicted octanol–water partition coefficient (Wildman–Crippen LogP) is 4.77. The average Bonchev–Trinajstić information content (AvgIpc) is 3.09. The van der Waals surface area contributed by atoms with Crippen LogP contribution in [0.2, 0.25) is 0 Å². The number of benzene rings is 3. The Morgan fingerprint density at radius 3 is 2.33 bits per heavy atom. The Morgan fingerprint density at radius 2 is 1.67 bits per heavy atom. The van der Waals surface area contributed by atoms with Gasteiger partial charge in [-0.25, -0.2) is 5.43 Å². The van der Waals surface area contributed by atoms with E-state index in [0.29, 0.717) is 24.9 Å². The van der Waals surface area contributed by atoms with Gasteiger partial charge in [0.1, 0.15) is 5.75 Å². The van der Waals surface area contributed by atoms with Gasteiger partial charge in [-0.3, -0.25) is 4.79 Å². The smallest absolute Gasteiger partial charge is 0.241 e. The molecular weight excluding hydrogens is 374 g/mol. The molecule has 3 aromatic carbocycles. The molecule has 150 valence electrons. The minimum Gasteiger partial charge on any atom is -0.507 e. The molecular formula is C25H23N3O2. The number of carbonyl (C=O) groups is 1. The van der Waals surface area contributed by atoms with E-state index in [0.717, 1.165) is 16.6 Å². The summed E-state index contributed by atoms with van der Waals surface area (Å²) in [4.78, 5) is 12.3. The van der Waals surface area contributed by atoms with Crippen molar-refractivity contribution in [2.24, 2.45) is 5.10 Å². The molecule has 0 atom stereocenters. The third kappa shape index (κ3) is 3.82. The van der Waals surface area contributed by atoms with Crippen LogP contribution in [0.1, 0.15) is 17.5 Å². The number of phenolic OH excluding ortho intramolecular Hbond substituents is 1. The number of allylic oxidation sites excluding steroid dienone is 1. The lowest BCUT2D eigenvalue weighted by atomic mass is 10.1. The second kappa shape index (κ2) is 8.66. The molecule has 1 amide bonds. The van der Waals surface area contributed by atoms with E-state index >= 15 is 0 Å². The van der Waals surface area contributed by atoms with Gasteiger partial charge in [0.15, 0.2) is 0 Å². The largest absolute Gasteiger partial charge is 0.507 e. The zero-order chi connectivity index (χ0) is 20.9. The van der Waals surface area contributed by atoms with E-state index in [1.165, 1.54) is 17.0 Å². The van der Waals surface area contributed by atoms with Gasteiger partial charge < -0.3 is 9.67 Å². The zero-order valence-electron chi connectivity index (χ0n) is 16.6. The summed E-state index contributed by atoms with van der Waals surface area (Å²) in [7, 11) is 0. The molecule has 0 saturated carbocycles. The highest BCUT2D eigenvalue weighted by atomic mass is 16.3. The number of nitrogens with zero attached hydrogens (tertiary/aromatic N) is 2. The lowest BCUT2D eigenvalue weighted by Crippen LogP contribution is -2.19. The Kier molecular flexibility index (Phi) is 5.61. The van der Waals surface area contributed by atoms with Crippen LogP contribution in [0.3, 0.4) is 0 Å². The normalized spacial score (nSPS) is 11.3. The number of amides is 1. The van der Waals surface area contributed by atoms with Crippen LogP contribution >= 0.6 is 0 Å². The van der Waals surface area contributed by atoms with Gasteiger partial charge >= 0.3 is 0 Å². The van der Waals surface area contributed by atoms with Gasteiger partial charge in [-0.2, -0.15) is 5.10 Å². The number of phenols is 1. The van der Waals surface area contributed by atoms with Gasteiger partial charge in [-0.15, -0.1) is 6.58 Å². The van der Waals surface area contributed by atoms with E-state index in [4.69, 9.17) is 0 Å². The Bertz CT molecular complexity index is 1200. The molecule has 0 spiro atoms. The second-order valence-corrected chi connectivity index (χ2v) is 7.08. The minimum absolute atomic E-state index is 0.153. The van der Waals surface area contributed by atoms with Crippen molar-refractivity contribution in [3.63, 3.8) is 0 Å². The van der Waals surface area contributed by atoms with Crippen molar-refractivity contribution in [1.82, 2.24) is 9.99 Å². The van der Waals surface area contributed by atoms with Gasteiger partial charge in [-0.05, 0) is 30.2 Å². The second-order valence-electron chi connectivity index (χ2n) is 7.08. The summed E-state index contributed by atoms with van der Waals surface area (Å²) in [5.74, 6) is -0.0319. The van der Waals surface area contributed by atoms with Crippen molar-refractivity contribution in [2.75, 3.05) is 0 Å². The third-order valence-electron chi connectivity index (χ3n) is 5.15. The molecule has 0 aliphatic carbocycles. The topological polar surface area (TPSA) is 66.6 Å². The molecule has 0 radical (unpaired) electrons. The first-order valence-electron chi connectivity index (χ1n) is 9.88. The Balaban J connectivity index is 1.45. The molecule has 1 aromatic heterocycles. The SMILES string of the molecule is C=CCc1cccc(C=NNC(=O)CCn2c3ccccc3c3ccccc32)c1O. The molecule has 0 aliphatic rings. The van der Waals surface area contributed by atoms with E-state index in [2.05, 4.69) is 45.9 Å². The highest BCUT2D eigenvalue weighted by Gasteiger charge is 2.11. The lowest BCUT2D eigenvalue weighted by Gasteiger charge is -2.07. The lowest BCUT2D eigenvalue weighted by molar-refractivity contribution is -0.121. The monoisotopic (exact) mass is 397 g/mol. The van der Waals surface area contributed by atoms with Crippen LogP contribution in [0.4, 0.5) is 0 Å². The first kappa shape index (κ1) is 19.5. The van der Waals surface area contributed by atoms with Crippen LogP contribution in [-0.4, -0.2) is 21.8 Å². The molecule has 0 saturated heterocycles. The molecule has 4 rings (SSSR count). The number of aryl methyl sites for hydroxylation is 1. The maximum absolute atomic E-state index is 12.3. The number of fused-ring (bicyclic) bond motifs is 3. The van der Waals surface area contributed by atoms with Gasteiger partial charge in [-0.1, -0.05) is 54.6 Å². The van der Waals surface area contributed by atoms with Crippen molar-refractivity contribution in [3.8, 4) is 5.75 Å². The van der Waals surface area contributed by atoms with Crippen molar-refractivity contribution in [2.45, 2.75) is 19.4 Å². The maximum Gasteiger partial charge on any atom is 0.241 e. The van der Waals surface area contributed by atoms with E-state index in [1.807, 2.05) is 36.4 Å². The molecule has 4 aromatic rings. The van der Waals surface area contributed by atoms with Crippen LogP contribution in [-0.2, 0) is 17.8 Å². The Labute approximate surface area is 175 Å². The molecule has 2 N–H and O–H groups in total. The highest BCUT2D eigenvalue weighted by molar-refractivity contribution is 6.08. The molecule has 5 heteroatoms. The van der Waals surface area contributed by atoms with Crippen molar-refractivity contribution in [1.29, 1.82) is 0 Å². The summed E-state index contributed by atoms with van der Waals surface area (Å²) in [5.41, 5.74) is 6.10. The maximum atomic E-state index is 12.3. The summed E-state index contributed by atoms with van der Waals surface area (Å²) in [5, 5.41) is 16.6. The summed E-state index contributed by atoms with van der Waals surface area (Å²) in [6, 6.07) is 21.8. The minimum atomic E-state index is -0.185. The fourth-order valence-electron chi connectivity index (χ4n) is 3.72. The van der Waals surface area contributed by atoms with E-state index in [1.54, 1.807) is 12.1 Å². The molecule has 0 unspecified atom stereocenters. The molecule has 0 fully saturated rings. The Morgan fingerprint density at radius 1 is 1.00 bits per heavy atom. The molecule has 0 bridgehead atoms. The van der Waals surface area contributed by atoms with E-state index < -0.39 is 0 Å². The average molecular weight is 397 g/mol. The number of hydrazone groups is 1. The standard InChI is InChI=1S/C25H23N3O2/c1-2-8-18-9-7-10-19(25(18)30)17-26-27-24(29)15-16-28-22-13-5-3-11-20(22)21-12-4-6-14-23(21)28/h2-7,9-14,17,30H,1,8,15-16H2,(H,27,29). The van der Waals surface area contributed by atoms with Crippen molar-refractivity contribution >= 4 is 33.9 Å². The quantitative estimate of drug-likeness (QED) is 0.268. The summed E-state index contributed by atoms with van der Waals surface area (Å²) in [6.45, 7) is 4.24. The third-order valence-corrected chi connectivity index (χ3v) is 5.15. The molecule has 5 nitrogen and oxygen atoms in total. The van der Waals surface area contributed by atoms with Gasteiger partial charge in [0.2, 0.25) is 5.91 Å². The van der Waals surface area contributed by atoms with Crippen LogP contribution in [0.25, 0.3) is 21.8 Å².